The molecular formula is C50H51F2N6O13PS. The molecule has 0 radical (unpaired) electrons. The lowest BCUT2D eigenvalue weighted by atomic mass is 9.85. The van der Waals surface area contributed by atoms with Gasteiger partial charge in [-0.3, -0.25) is 53.1 Å². The van der Waals surface area contributed by atoms with Crippen molar-refractivity contribution in [1.29, 1.82) is 0 Å². The van der Waals surface area contributed by atoms with Gasteiger partial charge < -0.3 is 39.7 Å². The molecule has 4 aliphatic heterocycles. The van der Waals surface area contributed by atoms with Gasteiger partial charge in [-0.15, -0.1) is 11.3 Å². The first kappa shape index (κ1) is 52.6. The van der Waals surface area contributed by atoms with Gasteiger partial charge in [0.25, 0.3) is 17.7 Å². The maximum absolute atomic E-state index is 14.8. The zero-order chi connectivity index (χ0) is 52.6. The third kappa shape index (κ3) is 11.3. The Morgan fingerprint density at radius 3 is 2.42 bits per heavy atom. The van der Waals surface area contributed by atoms with Gasteiger partial charge in [0.2, 0.25) is 29.5 Å². The lowest BCUT2D eigenvalue weighted by Crippen LogP contribution is -2.58. The Morgan fingerprint density at radius 2 is 1.71 bits per heavy atom. The largest absolute Gasteiger partial charge is 0.399 e. The number of amides is 8. The number of nitrogens with zero attached hydrogens (tertiary/aromatic N) is 3. The maximum atomic E-state index is 14.8. The second-order valence-electron chi connectivity index (χ2n) is 19.1. The van der Waals surface area contributed by atoms with Gasteiger partial charge in [0.1, 0.15) is 30.8 Å². The number of imide groups is 2. The Morgan fingerprint density at radius 1 is 0.973 bits per heavy atom. The van der Waals surface area contributed by atoms with Gasteiger partial charge in [0, 0.05) is 54.7 Å². The molecule has 0 saturated carbocycles. The SMILES string of the molecule is CC(C)(C)[C@H](NC(=O)c1cc2cc(C(F)(F)P(=O)(O)O)ccc2s1)C(=O)N1C[C@@H](OCC(=O)NCCC#Cc2ccc3c(c2)C(=O)N(C2CCC(=O)NC2=O)C3=O)C[C@H]1C(=O)N1CCO[C@H](c2ccccc2)C1. The van der Waals surface area contributed by atoms with E-state index in [0.717, 1.165) is 33.9 Å². The van der Waals surface area contributed by atoms with E-state index in [1.807, 2.05) is 30.3 Å². The average Bonchev–Trinajstić information content (AvgIpc) is 4.05. The topological polar surface area (TPSA) is 258 Å². The number of benzene rings is 3. The van der Waals surface area contributed by atoms with Crippen molar-refractivity contribution in [3.05, 3.63) is 105 Å². The summed E-state index contributed by atoms with van der Waals surface area (Å²) in [6.07, 6.45) is -1.03. The summed E-state index contributed by atoms with van der Waals surface area (Å²) in [6.45, 7) is 5.34. The smallest absolute Gasteiger partial charge is 0.370 e. The summed E-state index contributed by atoms with van der Waals surface area (Å²) in [5, 5.41) is 7.78. The van der Waals surface area contributed by atoms with Crippen LogP contribution in [0.15, 0.2) is 72.8 Å². The average molecular weight is 1050 g/mol. The molecule has 4 aromatic rings. The normalized spacial score (nSPS) is 20.8. The first-order chi connectivity index (χ1) is 34.5. The van der Waals surface area contributed by atoms with Crippen LogP contribution in [-0.4, -0.2) is 135 Å². The van der Waals surface area contributed by atoms with Crippen LogP contribution in [0.2, 0.25) is 0 Å². The Hall–Kier alpha value is -6.73. The molecule has 1 unspecified atom stereocenters. The number of carbonyl (C=O) groups excluding carboxylic acids is 8. The van der Waals surface area contributed by atoms with Gasteiger partial charge in [-0.05, 0) is 59.2 Å². The van der Waals surface area contributed by atoms with Crippen LogP contribution in [-0.2, 0) is 43.7 Å². The minimum Gasteiger partial charge on any atom is -0.370 e. The minimum atomic E-state index is -5.87. The van der Waals surface area contributed by atoms with E-state index < -0.39 is 103 Å². The first-order valence-corrected chi connectivity index (χ1v) is 25.7. The van der Waals surface area contributed by atoms with Gasteiger partial charge >= 0.3 is 13.3 Å². The number of halogens is 2. The fourth-order valence-electron chi connectivity index (χ4n) is 9.07. The molecule has 8 rings (SSSR count). The number of morpholine rings is 1. The molecular weight excluding hydrogens is 994 g/mol. The molecule has 5 heterocycles. The highest BCUT2D eigenvalue weighted by Crippen LogP contribution is 2.59. The molecule has 1 aromatic heterocycles. The van der Waals surface area contributed by atoms with Crippen LogP contribution in [0.4, 0.5) is 8.78 Å². The number of ether oxygens (including phenoxy) is 2. The number of piperidine rings is 1. The number of likely N-dealkylation sites (tertiary alicyclic amines) is 1. The standard InChI is InChI=1S/C50H51F2N6O13PS/c1-49(2,3)42(55-44(62)39-23-30-22-31(13-16-38(30)73-39)50(51,52)72(67,68)69)48(66)57-25-32(24-36(57)47(65)56-19-20-70-37(26-56)29-10-5-4-6-11-29)71-27-41(60)53-18-8-7-9-28-12-14-33-34(21-28)46(64)58(45(33)63)35-15-17-40(59)54-43(35)61/h4-6,10-14,16,21-23,32,35-37,42H,8,15,17-20,24-27H2,1-3H3,(H,53,60)(H,55,62)(H,54,59,61)(H2,67,68,69)/t32-,35?,36-,37-,42+/m0/s1. The highest BCUT2D eigenvalue weighted by molar-refractivity contribution is 7.52. The maximum Gasteiger partial charge on any atom is 0.399 e. The van der Waals surface area contributed by atoms with Crippen LogP contribution in [0.3, 0.4) is 0 Å². The van der Waals surface area contributed by atoms with Crippen LogP contribution >= 0.6 is 18.9 Å². The van der Waals surface area contributed by atoms with Crippen molar-refractivity contribution in [2.45, 2.75) is 82.5 Å². The zero-order valence-electron chi connectivity index (χ0n) is 39.7. The van der Waals surface area contributed by atoms with Gasteiger partial charge in [-0.25, -0.2) is 0 Å². The summed E-state index contributed by atoms with van der Waals surface area (Å²) < 4.78 is 53.1. The molecule has 5 atom stereocenters. The van der Waals surface area contributed by atoms with E-state index in [0.29, 0.717) is 10.3 Å². The fourth-order valence-corrected chi connectivity index (χ4v) is 10.5. The lowest BCUT2D eigenvalue weighted by Gasteiger charge is -2.38. The molecule has 0 bridgehead atoms. The molecule has 0 aliphatic carbocycles. The van der Waals surface area contributed by atoms with Crippen LogP contribution in [0.5, 0.6) is 0 Å². The predicted octanol–water partition coefficient (Wildman–Crippen LogP) is 3.82. The molecule has 3 saturated heterocycles. The number of alkyl halides is 2. The monoisotopic (exact) mass is 1040 g/mol. The number of carbonyl (C=O) groups is 8. The van der Waals surface area contributed by atoms with E-state index in [9.17, 15) is 61.5 Å². The highest BCUT2D eigenvalue weighted by atomic mass is 32.1. The Labute approximate surface area is 421 Å². The Bertz CT molecular complexity index is 3020. The van der Waals surface area contributed by atoms with Crippen molar-refractivity contribution in [3.63, 3.8) is 0 Å². The van der Waals surface area contributed by atoms with E-state index in [4.69, 9.17) is 9.47 Å². The molecule has 384 valence electrons. The molecule has 3 fully saturated rings. The number of rotatable bonds is 13. The Kier molecular flexibility index (Phi) is 15.1. The van der Waals surface area contributed by atoms with Crippen molar-refractivity contribution in [2.24, 2.45) is 5.41 Å². The molecule has 5 N–H and O–H groups in total. The van der Waals surface area contributed by atoms with Gasteiger partial charge in [0.15, 0.2) is 0 Å². The van der Waals surface area contributed by atoms with Crippen LogP contribution in [0.25, 0.3) is 10.1 Å². The third-order valence-corrected chi connectivity index (χ3v) is 15.0. The number of thiophene rings is 1. The molecule has 0 spiro atoms. The molecule has 3 aromatic carbocycles. The molecule has 8 amide bonds. The van der Waals surface area contributed by atoms with Crippen molar-refractivity contribution in [3.8, 4) is 11.8 Å². The van der Waals surface area contributed by atoms with E-state index >= 15 is 0 Å². The highest BCUT2D eigenvalue weighted by Gasteiger charge is 2.51. The van der Waals surface area contributed by atoms with Crippen LogP contribution in [0, 0.1) is 17.3 Å². The summed E-state index contributed by atoms with van der Waals surface area (Å²) in [5.41, 5.74) is -4.90. The zero-order valence-corrected chi connectivity index (χ0v) is 41.4. The second kappa shape index (κ2) is 21.0. The second-order valence-corrected chi connectivity index (χ2v) is 21.8. The molecule has 23 heteroatoms. The van der Waals surface area contributed by atoms with Crippen molar-refractivity contribution in [1.82, 2.24) is 30.7 Å². The van der Waals surface area contributed by atoms with Gasteiger partial charge in [-0.1, -0.05) is 69.0 Å². The predicted molar refractivity (Wildman–Crippen MR) is 258 cm³/mol. The Balaban J connectivity index is 0.920. The molecule has 73 heavy (non-hydrogen) atoms. The van der Waals surface area contributed by atoms with Gasteiger partial charge in [0.05, 0.1) is 35.3 Å². The first-order valence-electron chi connectivity index (χ1n) is 23.3. The number of hydrogen-bond acceptors (Lipinski definition) is 12. The van der Waals surface area contributed by atoms with Gasteiger partial charge in [-0.2, -0.15) is 8.78 Å². The number of hydrogen-bond donors (Lipinski definition) is 5. The number of fused-ring (bicyclic) bond motifs is 2. The van der Waals surface area contributed by atoms with E-state index in [2.05, 4.69) is 27.8 Å². The summed E-state index contributed by atoms with van der Waals surface area (Å²) in [7, 11) is -5.87. The van der Waals surface area contributed by atoms with E-state index in [1.54, 1.807) is 31.7 Å². The van der Waals surface area contributed by atoms with E-state index in [1.165, 1.54) is 29.2 Å². The summed E-state index contributed by atoms with van der Waals surface area (Å²) in [5.74, 6) is 1.07. The van der Waals surface area contributed by atoms with Crippen molar-refractivity contribution >= 4 is 76.3 Å². The quantitative estimate of drug-likeness (QED) is 0.0553. The minimum absolute atomic E-state index is 0.00852. The summed E-state index contributed by atoms with van der Waals surface area (Å²) in [4.78, 5) is 129. The lowest BCUT2D eigenvalue weighted by molar-refractivity contribution is -0.150. The summed E-state index contributed by atoms with van der Waals surface area (Å²) in [6, 6.07) is 14.7. The summed E-state index contributed by atoms with van der Waals surface area (Å²) >= 11 is 0.922. The van der Waals surface area contributed by atoms with E-state index in [-0.39, 0.29) is 85.8 Å². The van der Waals surface area contributed by atoms with Crippen LogP contribution in [0.1, 0.15) is 99.6 Å². The number of nitrogens with one attached hydrogen (secondary N) is 3. The third-order valence-electron chi connectivity index (χ3n) is 12.9. The van der Waals surface area contributed by atoms with Crippen molar-refractivity contribution < 1.29 is 71.0 Å². The molecule has 19 nitrogen and oxygen atoms in total. The molecule has 4 aliphatic rings. The van der Waals surface area contributed by atoms with Crippen LogP contribution < -0.4 is 16.0 Å². The fraction of sp³-hybridized carbons (Fsp3) is 0.400. The van der Waals surface area contributed by atoms with Crippen molar-refractivity contribution in [2.75, 3.05) is 39.4 Å².